The van der Waals surface area contributed by atoms with Crippen molar-refractivity contribution >= 4 is 17.3 Å². The van der Waals surface area contributed by atoms with Crippen molar-refractivity contribution in [3.8, 4) is 0 Å². The first-order valence-electron chi connectivity index (χ1n) is 9.83. The van der Waals surface area contributed by atoms with Crippen LogP contribution in [0, 0.1) is 5.92 Å². The van der Waals surface area contributed by atoms with E-state index in [-0.39, 0.29) is 5.91 Å². The van der Waals surface area contributed by atoms with Crippen molar-refractivity contribution in [3.63, 3.8) is 0 Å². The highest BCUT2D eigenvalue weighted by atomic mass is 16.2. The van der Waals surface area contributed by atoms with E-state index in [0.29, 0.717) is 18.5 Å². The van der Waals surface area contributed by atoms with E-state index in [0.717, 1.165) is 24.3 Å². The van der Waals surface area contributed by atoms with Gasteiger partial charge in [-0.1, -0.05) is 55.5 Å². The van der Waals surface area contributed by atoms with Gasteiger partial charge >= 0.3 is 0 Å². The first-order valence-corrected chi connectivity index (χ1v) is 9.83. The molecule has 0 saturated heterocycles. The molecule has 1 aromatic heterocycles. The number of hydrogen-bond donors (Lipinski definition) is 1. The fourth-order valence-corrected chi connectivity index (χ4v) is 3.55. The van der Waals surface area contributed by atoms with E-state index in [1.54, 1.807) is 0 Å². The number of carbonyl (C=O) groups excluding carboxylic acids is 1. The standard InChI is InChI=1S/C24H25N3O/c1-19-16-23(19)27(22-10-6-3-7-11-22)18-24(28)25-21-12-14-26(15-13-21)17-20-8-4-2-5-9-20/h2-15,19,23H,16-18H2,1H3/p+1. The Bertz CT molecular complexity index is 910. The molecule has 1 heterocycles. The van der Waals surface area contributed by atoms with Crippen molar-refractivity contribution in [3.05, 3.63) is 90.8 Å². The highest BCUT2D eigenvalue weighted by molar-refractivity contribution is 5.94. The fraction of sp³-hybridized carbons (Fsp3) is 0.250. The van der Waals surface area contributed by atoms with Gasteiger partial charge in [0.2, 0.25) is 5.91 Å². The molecule has 142 valence electrons. The van der Waals surface area contributed by atoms with Crippen LogP contribution >= 0.6 is 0 Å². The van der Waals surface area contributed by atoms with Crippen molar-refractivity contribution in [1.82, 2.24) is 0 Å². The van der Waals surface area contributed by atoms with Crippen molar-refractivity contribution in [1.29, 1.82) is 0 Å². The average Bonchev–Trinajstić information content (AvgIpc) is 3.45. The minimum atomic E-state index is 0.0174. The molecule has 1 amide bonds. The van der Waals surface area contributed by atoms with E-state index in [9.17, 15) is 4.79 Å². The molecule has 2 aromatic carbocycles. The van der Waals surface area contributed by atoms with E-state index in [4.69, 9.17) is 0 Å². The number of benzene rings is 2. The van der Waals surface area contributed by atoms with Gasteiger partial charge in [-0.3, -0.25) is 4.79 Å². The molecule has 1 aliphatic rings. The van der Waals surface area contributed by atoms with Gasteiger partial charge in [-0.15, -0.1) is 0 Å². The van der Waals surface area contributed by atoms with Crippen LogP contribution in [0.1, 0.15) is 18.9 Å². The molecule has 0 bridgehead atoms. The van der Waals surface area contributed by atoms with E-state index < -0.39 is 0 Å². The van der Waals surface area contributed by atoms with Gasteiger partial charge in [-0.05, 0) is 24.5 Å². The Morgan fingerprint density at radius 2 is 1.61 bits per heavy atom. The largest absolute Gasteiger partial charge is 0.359 e. The third-order valence-corrected chi connectivity index (χ3v) is 5.25. The van der Waals surface area contributed by atoms with Gasteiger partial charge in [0.1, 0.15) is 0 Å². The first kappa shape index (κ1) is 18.2. The molecule has 0 aliphatic heterocycles. The summed E-state index contributed by atoms with van der Waals surface area (Å²) in [6, 6.07) is 24.9. The van der Waals surface area contributed by atoms with Gasteiger partial charge < -0.3 is 10.2 Å². The SMILES string of the molecule is CC1CC1N(CC(=O)Nc1cc[n+](Cc2ccccc2)cc1)c1ccccc1. The number of nitrogens with zero attached hydrogens (tertiary/aromatic N) is 2. The molecular formula is C24H26N3O+. The van der Waals surface area contributed by atoms with Crippen LogP contribution in [0.5, 0.6) is 0 Å². The van der Waals surface area contributed by atoms with E-state index in [1.807, 2.05) is 60.9 Å². The van der Waals surface area contributed by atoms with Crippen LogP contribution in [-0.4, -0.2) is 18.5 Å². The number of anilines is 2. The maximum Gasteiger partial charge on any atom is 0.243 e. The van der Waals surface area contributed by atoms with E-state index >= 15 is 0 Å². The van der Waals surface area contributed by atoms with E-state index in [2.05, 4.69) is 46.0 Å². The molecule has 28 heavy (non-hydrogen) atoms. The molecule has 0 radical (unpaired) electrons. The lowest BCUT2D eigenvalue weighted by molar-refractivity contribution is -0.688. The Morgan fingerprint density at radius 1 is 1.00 bits per heavy atom. The number of aromatic nitrogens is 1. The molecule has 1 N–H and O–H groups in total. The van der Waals surface area contributed by atoms with Crippen LogP contribution < -0.4 is 14.8 Å². The number of carbonyl (C=O) groups is 1. The normalized spacial score (nSPS) is 17.8. The number of para-hydroxylation sites is 1. The molecular weight excluding hydrogens is 346 g/mol. The summed E-state index contributed by atoms with van der Waals surface area (Å²) in [4.78, 5) is 14.9. The van der Waals surface area contributed by atoms with E-state index in [1.165, 1.54) is 5.56 Å². The molecule has 0 spiro atoms. The maximum absolute atomic E-state index is 12.7. The lowest BCUT2D eigenvalue weighted by atomic mass is 10.2. The Balaban J connectivity index is 1.37. The minimum absolute atomic E-state index is 0.0174. The van der Waals surface area contributed by atoms with Crippen molar-refractivity contribution in [2.45, 2.75) is 25.9 Å². The summed E-state index contributed by atoms with van der Waals surface area (Å²) in [5.74, 6) is 0.658. The van der Waals surface area contributed by atoms with Crippen LogP contribution in [0.15, 0.2) is 85.2 Å². The minimum Gasteiger partial charge on any atom is -0.359 e. The number of amides is 1. The second-order valence-corrected chi connectivity index (χ2v) is 7.54. The summed E-state index contributed by atoms with van der Waals surface area (Å²) in [6.07, 6.45) is 5.15. The lowest BCUT2D eigenvalue weighted by Gasteiger charge is -2.24. The second-order valence-electron chi connectivity index (χ2n) is 7.54. The van der Waals surface area contributed by atoms with Crippen LogP contribution in [0.25, 0.3) is 0 Å². The quantitative estimate of drug-likeness (QED) is 0.639. The number of rotatable bonds is 7. The predicted molar refractivity (Wildman–Crippen MR) is 112 cm³/mol. The van der Waals surface area contributed by atoms with Crippen LogP contribution in [0.4, 0.5) is 11.4 Å². The van der Waals surface area contributed by atoms with Crippen molar-refractivity contribution in [2.24, 2.45) is 5.92 Å². The summed E-state index contributed by atoms with van der Waals surface area (Å²) in [5.41, 5.74) is 3.19. The first-order chi connectivity index (χ1) is 13.7. The molecule has 4 rings (SSSR count). The monoisotopic (exact) mass is 372 g/mol. The van der Waals surface area contributed by atoms with Gasteiger partial charge in [0.25, 0.3) is 0 Å². The number of pyridine rings is 1. The topological polar surface area (TPSA) is 36.2 Å². The van der Waals surface area contributed by atoms with Crippen LogP contribution in [0.2, 0.25) is 0 Å². The van der Waals surface area contributed by atoms with Gasteiger partial charge in [0, 0.05) is 29.4 Å². The van der Waals surface area contributed by atoms with Crippen LogP contribution in [-0.2, 0) is 11.3 Å². The van der Waals surface area contributed by atoms with Gasteiger partial charge in [-0.2, -0.15) is 0 Å². The van der Waals surface area contributed by atoms with Crippen LogP contribution in [0.3, 0.4) is 0 Å². The van der Waals surface area contributed by atoms with Gasteiger partial charge in [-0.25, -0.2) is 4.57 Å². The average molecular weight is 372 g/mol. The summed E-state index contributed by atoms with van der Waals surface area (Å²) in [7, 11) is 0. The molecule has 4 nitrogen and oxygen atoms in total. The zero-order valence-corrected chi connectivity index (χ0v) is 16.2. The van der Waals surface area contributed by atoms with Crippen molar-refractivity contribution in [2.75, 3.05) is 16.8 Å². The Labute approximate surface area is 166 Å². The molecule has 2 unspecified atom stereocenters. The number of nitrogens with one attached hydrogen (secondary N) is 1. The smallest absolute Gasteiger partial charge is 0.243 e. The maximum atomic E-state index is 12.7. The lowest BCUT2D eigenvalue weighted by Crippen LogP contribution is -2.36. The highest BCUT2D eigenvalue weighted by Crippen LogP contribution is 2.37. The molecule has 1 saturated carbocycles. The number of hydrogen-bond acceptors (Lipinski definition) is 2. The van der Waals surface area contributed by atoms with Crippen molar-refractivity contribution < 1.29 is 9.36 Å². The highest BCUT2D eigenvalue weighted by Gasteiger charge is 2.38. The second kappa shape index (κ2) is 8.26. The molecule has 1 aliphatic carbocycles. The molecule has 4 heteroatoms. The summed E-state index contributed by atoms with van der Waals surface area (Å²) in [5, 5.41) is 3.04. The zero-order chi connectivity index (χ0) is 19.3. The molecule has 3 aromatic rings. The third kappa shape index (κ3) is 4.58. The Kier molecular flexibility index (Phi) is 5.38. The molecule has 2 atom stereocenters. The third-order valence-electron chi connectivity index (χ3n) is 5.25. The zero-order valence-electron chi connectivity index (χ0n) is 16.2. The predicted octanol–water partition coefficient (Wildman–Crippen LogP) is 3.88. The summed E-state index contributed by atoms with van der Waals surface area (Å²) >= 11 is 0. The van der Waals surface area contributed by atoms with Gasteiger partial charge in [0.15, 0.2) is 18.9 Å². The fourth-order valence-electron chi connectivity index (χ4n) is 3.55. The summed E-state index contributed by atoms with van der Waals surface area (Å²) < 4.78 is 2.10. The van der Waals surface area contributed by atoms with Gasteiger partial charge in [0.05, 0.1) is 12.2 Å². The summed E-state index contributed by atoms with van der Waals surface area (Å²) in [6.45, 7) is 3.43. The molecule has 1 fully saturated rings. The Hall–Kier alpha value is -3.14. The Morgan fingerprint density at radius 3 is 2.21 bits per heavy atom.